The minimum atomic E-state index is -1.95. The van der Waals surface area contributed by atoms with E-state index in [4.69, 9.17) is 47.4 Å². The lowest BCUT2D eigenvalue weighted by atomic mass is 9.97. The molecule has 15 atom stereocenters. The number of benzene rings is 3. The van der Waals surface area contributed by atoms with E-state index in [1.165, 1.54) is 50.6 Å². The second-order valence-electron chi connectivity index (χ2n) is 15.7. The summed E-state index contributed by atoms with van der Waals surface area (Å²) in [6, 6.07) is 8.64. The smallest absolute Gasteiger partial charge is 0.330 e. The molecule has 3 aromatic carbocycles. The Morgan fingerprint density at radius 1 is 0.642 bits per heavy atom. The average molecular weight is 951 g/mol. The van der Waals surface area contributed by atoms with Crippen LogP contribution in [0.15, 0.2) is 54.3 Å². The zero-order valence-electron chi connectivity index (χ0n) is 35.4. The fraction of sp³-hybridized carbons (Fsp3) is 0.465. The highest BCUT2D eigenvalue weighted by Gasteiger charge is 2.51. The number of carbonyl (C=O) groups excluding carboxylic acids is 1. The molecule has 4 aliphatic rings. The van der Waals surface area contributed by atoms with E-state index in [-0.39, 0.29) is 45.6 Å². The van der Waals surface area contributed by atoms with Crippen LogP contribution in [-0.2, 0) is 38.0 Å². The van der Waals surface area contributed by atoms with E-state index in [0.29, 0.717) is 5.56 Å². The number of phenolic OH excluding ortho intramolecular Hbond substituents is 5. The van der Waals surface area contributed by atoms with Crippen molar-refractivity contribution in [3.63, 3.8) is 0 Å². The SMILES string of the molecule is COc1cc(/C=C/C(=O)OC[C@H]2O[C@@H](OC[C@H]3O[C@@H](OC4=Cc5c(O)cc(O)cc5OC4c4ccc(O)c(O)c4)[C@H](OCC4O[C@@H](O)[C@H](O)[C@H]4O)[C@@H](O)[C@H]3O)[C@H](O)[C@@H](O)[C@@H]2O)cc(OC)c1O. The molecule has 13 N–H and O–H groups in total. The van der Waals surface area contributed by atoms with Gasteiger partial charge in [0.2, 0.25) is 12.0 Å². The lowest BCUT2D eigenvalue weighted by Gasteiger charge is -2.44. The number of ether oxygens (including phenoxy) is 10. The Kier molecular flexibility index (Phi) is 15.2. The average Bonchev–Trinajstić information content (AvgIpc) is 3.55. The third-order valence-corrected chi connectivity index (χ3v) is 11.3. The monoisotopic (exact) mass is 950 g/mol. The van der Waals surface area contributed by atoms with Crippen molar-refractivity contribution in [2.24, 2.45) is 0 Å². The summed E-state index contributed by atoms with van der Waals surface area (Å²) >= 11 is 0. The Hall–Kier alpha value is -5.71. The van der Waals surface area contributed by atoms with Crippen LogP contribution in [0, 0.1) is 0 Å². The lowest BCUT2D eigenvalue weighted by Crippen LogP contribution is -2.62. The molecule has 0 amide bonds. The summed E-state index contributed by atoms with van der Waals surface area (Å²) in [5.74, 6) is -3.22. The highest BCUT2D eigenvalue weighted by Crippen LogP contribution is 2.46. The third-order valence-electron chi connectivity index (χ3n) is 11.3. The molecule has 3 aromatic rings. The molecule has 3 fully saturated rings. The fourth-order valence-electron chi connectivity index (χ4n) is 7.57. The minimum absolute atomic E-state index is 0.00893. The first-order chi connectivity index (χ1) is 31.9. The Labute approximate surface area is 379 Å². The molecule has 0 aliphatic carbocycles. The van der Waals surface area contributed by atoms with Gasteiger partial charge in [0, 0.05) is 23.8 Å². The van der Waals surface area contributed by atoms with Gasteiger partial charge in [0.1, 0.15) is 96.8 Å². The van der Waals surface area contributed by atoms with Crippen molar-refractivity contribution in [2.75, 3.05) is 34.0 Å². The Bertz CT molecular complexity index is 2260. The molecule has 4 aliphatic heterocycles. The topological polar surface area (TPSA) is 372 Å². The minimum Gasteiger partial charge on any atom is -0.508 e. The maximum absolute atomic E-state index is 12.7. The number of fused-ring (bicyclic) bond motifs is 1. The summed E-state index contributed by atoms with van der Waals surface area (Å²) in [7, 11) is 2.64. The summed E-state index contributed by atoms with van der Waals surface area (Å²) in [6.45, 7) is -2.05. The number of phenols is 5. The lowest BCUT2D eigenvalue weighted by molar-refractivity contribution is -0.333. The van der Waals surface area contributed by atoms with E-state index in [9.17, 15) is 71.2 Å². The molecule has 0 bridgehead atoms. The summed E-state index contributed by atoms with van der Waals surface area (Å²) in [4.78, 5) is 12.7. The number of aromatic hydroxyl groups is 5. The zero-order valence-corrected chi connectivity index (χ0v) is 35.4. The predicted molar refractivity (Wildman–Crippen MR) is 219 cm³/mol. The molecule has 0 saturated carbocycles. The normalized spacial score (nSPS) is 32.8. The Morgan fingerprint density at radius 3 is 1.93 bits per heavy atom. The van der Waals surface area contributed by atoms with Gasteiger partial charge in [0.15, 0.2) is 41.7 Å². The third kappa shape index (κ3) is 10.6. The van der Waals surface area contributed by atoms with E-state index >= 15 is 0 Å². The molecule has 24 nitrogen and oxygen atoms in total. The fourth-order valence-corrected chi connectivity index (χ4v) is 7.57. The van der Waals surface area contributed by atoms with Gasteiger partial charge in [-0.1, -0.05) is 6.07 Å². The molecule has 0 radical (unpaired) electrons. The van der Waals surface area contributed by atoms with Gasteiger partial charge in [-0.3, -0.25) is 0 Å². The van der Waals surface area contributed by atoms with Crippen LogP contribution in [0.4, 0.5) is 0 Å². The summed E-state index contributed by atoms with van der Waals surface area (Å²) in [5, 5.41) is 137. The van der Waals surface area contributed by atoms with Crippen LogP contribution in [0.3, 0.4) is 0 Å². The molecule has 7 rings (SSSR count). The van der Waals surface area contributed by atoms with Gasteiger partial charge >= 0.3 is 5.97 Å². The van der Waals surface area contributed by atoms with Gasteiger partial charge < -0.3 is 114 Å². The van der Waals surface area contributed by atoms with Crippen molar-refractivity contribution in [3.8, 4) is 46.0 Å². The first-order valence-electron chi connectivity index (χ1n) is 20.5. The summed E-state index contributed by atoms with van der Waals surface area (Å²) in [6.07, 6.45) is -22.2. The van der Waals surface area contributed by atoms with E-state index < -0.39 is 135 Å². The number of rotatable bonds is 15. The quantitative estimate of drug-likeness (QED) is 0.0448. The Morgan fingerprint density at radius 2 is 1.27 bits per heavy atom. The number of esters is 1. The number of hydrogen-bond acceptors (Lipinski definition) is 24. The first kappa shape index (κ1) is 49.2. The molecule has 0 spiro atoms. The molecule has 0 aromatic heterocycles. The number of hydrogen-bond donors (Lipinski definition) is 13. The van der Waals surface area contributed by atoms with E-state index in [1.54, 1.807) is 0 Å². The number of aliphatic hydroxyl groups excluding tert-OH is 8. The molecular formula is C43H50O24. The largest absolute Gasteiger partial charge is 0.508 e. The maximum atomic E-state index is 12.7. The van der Waals surface area contributed by atoms with Crippen LogP contribution in [0.5, 0.6) is 46.0 Å². The maximum Gasteiger partial charge on any atom is 0.330 e. The molecule has 3 saturated heterocycles. The van der Waals surface area contributed by atoms with Crippen molar-refractivity contribution < 1.29 is 119 Å². The van der Waals surface area contributed by atoms with Gasteiger partial charge in [-0.15, -0.1) is 0 Å². The van der Waals surface area contributed by atoms with Crippen molar-refractivity contribution >= 4 is 18.1 Å². The highest BCUT2D eigenvalue weighted by atomic mass is 16.7. The summed E-state index contributed by atoms with van der Waals surface area (Å²) in [5.41, 5.74) is 0.513. The van der Waals surface area contributed by atoms with Gasteiger partial charge in [-0.25, -0.2) is 4.79 Å². The Balaban J connectivity index is 1.09. The molecule has 366 valence electrons. The first-order valence-corrected chi connectivity index (χ1v) is 20.5. The van der Waals surface area contributed by atoms with Crippen LogP contribution >= 0.6 is 0 Å². The van der Waals surface area contributed by atoms with Gasteiger partial charge in [0.05, 0.1) is 33.0 Å². The predicted octanol–water partition coefficient (Wildman–Crippen LogP) is -1.93. The summed E-state index contributed by atoms with van der Waals surface area (Å²) < 4.78 is 56.2. The van der Waals surface area contributed by atoms with Crippen LogP contribution in [0.1, 0.15) is 22.8 Å². The molecule has 2 unspecified atom stereocenters. The van der Waals surface area contributed by atoms with Crippen molar-refractivity contribution in [1.82, 2.24) is 0 Å². The van der Waals surface area contributed by atoms with Gasteiger partial charge in [-0.2, -0.15) is 0 Å². The second kappa shape index (κ2) is 20.7. The number of carbonyl (C=O) groups is 1. The highest BCUT2D eigenvalue weighted by molar-refractivity contribution is 5.87. The van der Waals surface area contributed by atoms with E-state index in [0.717, 1.165) is 24.3 Å². The van der Waals surface area contributed by atoms with E-state index in [1.807, 2.05) is 0 Å². The van der Waals surface area contributed by atoms with Crippen LogP contribution < -0.4 is 14.2 Å². The molecular weight excluding hydrogens is 900 g/mol. The van der Waals surface area contributed by atoms with E-state index in [2.05, 4.69) is 0 Å². The molecule has 4 heterocycles. The van der Waals surface area contributed by atoms with Crippen LogP contribution in [-0.4, -0.2) is 192 Å². The molecule has 24 heteroatoms. The van der Waals surface area contributed by atoms with Gasteiger partial charge in [-0.05, 0) is 42.0 Å². The number of methoxy groups -OCH3 is 2. The van der Waals surface area contributed by atoms with Crippen LogP contribution in [0.25, 0.3) is 12.2 Å². The zero-order chi connectivity index (χ0) is 48.4. The van der Waals surface area contributed by atoms with Gasteiger partial charge in [0.25, 0.3) is 0 Å². The van der Waals surface area contributed by atoms with Crippen molar-refractivity contribution in [1.29, 1.82) is 0 Å². The van der Waals surface area contributed by atoms with Crippen molar-refractivity contribution in [3.05, 3.63) is 71.0 Å². The standard InChI is InChI=1S/C43H50O24/c1-58-24-7-16(8-25(59-2)31(24)49)3-6-30(48)60-13-28-32(50)35(53)38(56)42(66-28)62-15-29-33(51)36(54)40(61-14-27-34(52)37(55)41(57)64-27)43(67-29)65-26-12-19-21(46)10-18(44)11-23(19)63-39(26)17-4-5-20(45)22(47)9-17/h3-12,27-29,32-47,49-57H,13-15H2,1-2H3/b6-3+/t27?,28-,29-,32-,33+,34+,35+,36+,37-,38-,39?,40-,41-,42-,43-/m1/s1. The van der Waals surface area contributed by atoms with Crippen LogP contribution in [0.2, 0.25) is 0 Å². The second-order valence-corrected chi connectivity index (χ2v) is 15.7. The van der Waals surface area contributed by atoms with Crippen molar-refractivity contribution in [2.45, 2.75) is 92.1 Å². The number of aliphatic hydroxyl groups is 8. The molecule has 67 heavy (non-hydrogen) atoms.